The SMILES string of the molecule is COc1ccccc1NC(=O)CSc1nc2c(-c3ccccc3)c[nH]c2c(=O)n1-c1ccccc1C. The van der Waals surface area contributed by atoms with Crippen LogP contribution in [-0.2, 0) is 4.79 Å². The summed E-state index contributed by atoms with van der Waals surface area (Å²) >= 11 is 1.21. The highest BCUT2D eigenvalue weighted by Crippen LogP contribution is 2.30. The number of aromatic nitrogens is 3. The second kappa shape index (κ2) is 10.1. The van der Waals surface area contributed by atoms with Crippen LogP contribution in [0.4, 0.5) is 5.69 Å². The van der Waals surface area contributed by atoms with E-state index in [0.29, 0.717) is 27.6 Å². The smallest absolute Gasteiger partial charge is 0.283 e. The summed E-state index contributed by atoms with van der Waals surface area (Å²) in [5, 5.41) is 3.32. The van der Waals surface area contributed by atoms with Crippen LogP contribution in [0, 0.1) is 6.92 Å². The Morgan fingerprint density at radius 3 is 2.53 bits per heavy atom. The van der Waals surface area contributed by atoms with Crippen LogP contribution in [0.25, 0.3) is 27.8 Å². The topological polar surface area (TPSA) is 89.0 Å². The van der Waals surface area contributed by atoms with Gasteiger partial charge in [0.05, 0.1) is 24.2 Å². The van der Waals surface area contributed by atoms with Gasteiger partial charge >= 0.3 is 0 Å². The van der Waals surface area contributed by atoms with Crippen molar-refractivity contribution >= 4 is 34.4 Å². The van der Waals surface area contributed by atoms with Crippen LogP contribution in [0.15, 0.2) is 95.0 Å². The van der Waals surface area contributed by atoms with E-state index < -0.39 is 0 Å². The molecule has 0 aliphatic carbocycles. The normalized spacial score (nSPS) is 10.9. The Labute approximate surface area is 212 Å². The van der Waals surface area contributed by atoms with Crippen LogP contribution in [0.1, 0.15) is 5.56 Å². The lowest BCUT2D eigenvalue weighted by Crippen LogP contribution is -2.23. The van der Waals surface area contributed by atoms with Crippen molar-refractivity contribution in [2.24, 2.45) is 0 Å². The number of anilines is 1. The number of aromatic amines is 1. The molecule has 0 spiro atoms. The number of thioether (sulfide) groups is 1. The molecule has 0 aliphatic heterocycles. The Morgan fingerprint density at radius 2 is 1.75 bits per heavy atom. The monoisotopic (exact) mass is 496 g/mol. The molecule has 0 atom stereocenters. The summed E-state index contributed by atoms with van der Waals surface area (Å²) in [6, 6.07) is 24.6. The van der Waals surface area contributed by atoms with Gasteiger partial charge < -0.3 is 15.0 Å². The first-order valence-corrected chi connectivity index (χ1v) is 12.4. The number of amides is 1. The van der Waals surface area contributed by atoms with Crippen molar-refractivity contribution in [2.75, 3.05) is 18.2 Å². The predicted octanol–water partition coefficient (Wildman–Crippen LogP) is 5.43. The van der Waals surface area contributed by atoms with E-state index in [0.717, 1.165) is 22.4 Å². The van der Waals surface area contributed by atoms with Crippen molar-refractivity contribution in [3.8, 4) is 22.6 Å². The fourth-order valence-electron chi connectivity index (χ4n) is 4.06. The van der Waals surface area contributed by atoms with Gasteiger partial charge in [-0.2, -0.15) is 0 Å². The van der Waals surface area contributed by atoms with E-state index in [1.165, 1.54) is 11.8 Å². The first-order chi connectivity index (χ1) is 17.6. The Morgan fingerprint density at radius 1 is 1.03 bits per heavy atom. The number of methoxy groups -OCH3 is 1. The van der Waals surface area contributed by atoms with Gasteiger partial charge in [0.25, 0.3) is 5.56 Å². The van der Waals surface area contributed by atoms with Gasteiger partial charge in [-0.1, -0.05) is 72.4 Å². The van der Waals surface area contributed by atoms with Crippen molar-refractivity contribution < 1.29 is 9.53 Å². The molecule has 0 radical (unpaired) electrons. The molecule has 0 saturated heterocycles. The molecule has 36 heavy (non-hydrogen) atoms. The Hall–Kier alpha value is -4.30. The van der Waals surface area contributed by atoms with Crippen LogP contribution >= 0.6 is 11.8 Å². The minimum atomic E-state index is -0.229. The Balaban J connectivity index is 1.56. The van der Waals surface area contributed by atoms with Crippen LogP contribution in [0.5, 0.6) is 5.75 Å². The maximum Gasteiger partial charge on any atom is 0.283 e. The molecular formula is C28H24N4O3S. The van der Waals surface area contributed by atoms with E-state index in [9.17, 15) is 9.59 Å². The van der Waals surface area contributed by atoms with Crippen molar-refractivity contribution in [1.82, 2.24) is 14.5 Å². The van der Waals surface area contributed by atoms with E-state index in [2.05, 4.69) is 10.3 Å². The molecule has 5 rings (SSSR count). The zero-order valence-corrected chi connectivity index (χ0v) is 20.6. The van der Waals surface area contributed by atoms with Crippen LogP contribution in [0.3, 0.4) is 0 Å². The molecule has 180 valence electrons. The van der Waals surface area contributed by atoms with Gasteiger partial charge in [-0.05, 0) is 36.2 Å². The molecule has 0 fully saturated rings. The maximum atomic E-state index is 13.7. The molecule has 1 amide bonds. The number of carbonyl (C=O) groups is 1. The van der Waals surface area contributed by atoms with Crippen LogP contribution < -0.4 is 15.6 Å². The highest BCUT2D eigenvalue weighted by Gasteiger charge is 2.20. The highest BCUT2D eigenvalue weighted by molar-refractivity contribution is 7.99. The van der Waals surface area contributed by atoms with Gasteiger partial charge in [-0.25, -0.2) is 4.98 Å². The predicted molar refractivity (Wildman–Crippen MR) is 144 cm³/mol. The zero-order valence-electron chi connectivity index (χ0n) is 19.8. The molecule has 5 aromatic rings. The summed E-state index contributed by atoms with van der Waals surface area (Å²) in [7, 11) is 1.56. The van der Waals surface area contributed by atoms with Crippen molar-refractivity contribution in [3.63, 3.8) is 0 Å². The highest BCUT2D eigenvalue weighted by atomic mass is 32.2. The van der Waals surface area contributed by atoms with E-state index in [1.54, 1.807) is 30.0 Å². The minimum absolute atomic E-state index is 0.0625. The van der Waals surface area contributed by atoms with E-state index in [1.807, 2.05) is 73.7 Å². The van der Waals surface area contributed by atoms with Gasteiger partial charge in [0.2, 0.25) is 5.91 Å². The summed E-state index contributed by atoms with van der Waals surface area (Å²) in [5.74, 6) is 0.409. The fraction of sp³-hybridized carbons (Fsp3) is 0.107. The van der Waals surface area contributed by atoms with E-state index in [-0.39, 0.29) is 17.2 Å². The van der Waals surface area contributed by atoms with Crippen molar-refractivity contribution in [1.29, 1.82) is 0 Å². The summed E-state index contributed by atoms with van der Waals surface area (Å²) in [6.45, 7) is 1.94. The molecule has 0 bridgehead atoms. The summed E-state index contributed by atoms with van der Waals surface area (Å²) in [6.07, 6.45) is 1.80. The third-order valence-electron chi connectivity index (χ3n) is 5.82. The van der Waals surface area contributed by atoms with Crippen molar-refractivity contribution in [2.45, 2.75) is 12.1 Å². The molecule has 2 aromatic heterocycles. The first-order valence-electron chi connectivity index (χ1n) is 11.4. The molecule has 0 saturated carbocycles. The molecule has 0 aliphatic rings. The Kier molecular flexibility index (Phi) is 6.60. The number of hydrogen-bond acceptors (Lipinski definition) is 5. The van der Waals surface area contributed by atoms with Gasteiger partial charge in [0.15, 0.2) is 5.16 Å². The van der Waals surface area contributed by atoms with Gasteiger partial charge in [-0.15, -0.1) is 0 Å². The Bertz CT molecular complexity index is 1610. The van der Waals surface area contributed by atoms with Gasteiger partial charge in [-0.3, -0.25) is 14.2 Å². The number of carbonyl (C=O) groups excluding carboxylic acids is 1. The lowest BCUT2D eigenvalue weighted by Gasteiger charge is -2.15. The standard InChI is InChI=1S/C28H24N4O3S/c1-18-10-6-8-14-22(18)32-27(34)26-25(20(16-29-26)19-11-4-3-5-12-19)31-28(32)36-17-24(33)30-21-13-7-9-15-23(21)35-2/h3-16,29H,17H2,1-2H3,(H,30,33). The average molecular weight is 497 g/mol. The summed E-state index contributed by atoms with van der Waals surface area (Å²) < 4.78 is 6.90. The van der Waals surface area contributed by atoms with Gasteiger partial charge in [0, 0.05) is 11.8 Å². The molecule has 8 heteroatoms. The summed E-state index contributed by atoms with van der Waals surface area (Å²) in [5.41, 5.74) is 4.79. The quantitative estimate of drug-likeness (QED) is 0.232. The number of H-pyrrole nitrogens is 1. The number of rotatable bonds is 7. The number of benzene rings is 3. The molecule has 2 heterocycles. The zero-order chi connectivity index (χ0) is 25.1. The minimum Gasteiger partial charge on any atom is -0.495 e. The molecular weight excluding hydrogens is 472 g/mol. The van der Waals surface area contributed by atoms with Crippen LogP contribution in [0.2, 0.25) is 0 Å². The van der Waals surface area contributed by atoms with E-state index in [4.69, 9.17) is 9.72 Å². The third-order valence-corrected chi connectivity index (χ3v) is 6.76. The average Bonchev–Trinajstić information content (AvgIpc) is 3.33. The lowest BCUT2D eigenvalue weighted by atomic mass is 10.1. The number of ether oxygens (including phenoxy) is 1. The third kappa shape index (κ3) is 4.50. The van der Waals surface area contributed by atoms with Crippen LogP contribution in [-0.4, -0.2) is 33.3 Å². The number of aryl methyl sites for hydroxylation is 1. The number of fused-ring (bicyclic) bond motifs is 1. The lowest BCUT2D eigenvalue weighted by molar-refractivity contribution is -0.113. The molecule has 0 unspecified atom stereocenters. The van der Waals surface area contributed by atoms with E-state index >= 15 is 0 Å². The fourth-order valence-corrected chi connectivity index (χ4v) is 4.86. The van der Waals surface area contributed by atoms with Crippen molar-refractivity contribution in [3.05, 3.63) is 101 Å². The molecule has 3 aromatic carbocycles. The van der Waals surface area contributed by atoms with Gasteiger partial charge in [0.1, 0.15) is 16.8 Å². The maximum absolute atomic E-state index is 13.7. The number of nitrogens with one attached hydrogen (secondary N) is 2. The first kappa shape index (κ1) is 23.4. The number of hydrogen-bond donors (Lipinski definition) is 2. The summed E-state index contributed by atoms with van der Waals surface area (Å²) in [4.78, 5) is 34.6. The molecule has 2 N–H and O–H groups in total. The largest absolute Gasteiger partial charge is 0.495 e. The number of nitrogens with zero attached hydrogens (tertiary/aromatic N) is 2. The number of para-hydroxylation sites is 3. The molecule has 7 nitrogen and oxygen atoms in total. The second-order valence-electron chi connectivity index (χ2n) is 8.15. The second-order valence-corrected chi connectivity index (χ2v) is 9.09.